The van der Waals surface area contributed by atoms with Crippen LogP contribution in [-0.2, 0) is 11.3 Å². The number of aromatic nitrogens is 3. The molecule has 5 heteroatoms. The Morgan fingerprint density at radius 3 is 3.04 bits per heavy atom. The molecule has 1 atom stereocenters. The molecule has 0 N–H and O–H groups in total. The Morgan fingerprint density at radius 1 is 1.25 bits per heavy atom. The van der Waals surface area contributed by atoms with Crippen LogP contribution in [0.2, 0.25) is 0 Å². The van der Waals surface area contributed by atoms with E-state index >= 15 is 0 Å². The lowest BCUT2D eigenvalue weighted by Gasteiger charge is -2.33. The zero-order valence-electron chi connectivity index (χ0n) is 14.1. The SMILES string of the molecule is Cc1ccc([C@@H]2CN(Cc3cnc4cnccn34)CCO2)c(C)c1. The molecule has 0 aliphatic carbocycles. The quantitative estimate of drug-likeness (QED) is 0.743. The first-order valence-electron chi connectivity index (χ1n) is 8.38. The normalized spacial score (nSPS) is 19.0. The predicted molar refractivity (Wildman–Crippen MR) is 92.9 cm³/mol. The molecule has 2 aromatic heterocycles. The largest absolute Gasteiger partial charge is 0.371 e. The van der Waals surface area contributed by atoms with Gasteiger partial charge in [0, 0.05) is 32.0 Å². The number of benzene rings is 1. The third-order valence-corrected chi connectivity index (χ3v) is 4.70. The minimum atomic E-state index is 0.139. The zero-order chi connectivity index (χ0) is 16.5. The highest BCUT2D eigenvalue weighted by Gasteiger charge is 2.24. The van der Waals surface area contributed by atoms with Crippen molar-refractivity contribution in [3.63, 3.8) is 0 Å². The van der Waals surface area contributed by atoms with Crippen LogP contribution in [0.25, 0.3) is 5.65 Å². The molecule has 1 aliphatic heterocycles. The lowest BCUT2D eigenvalue weighted by molar-refractivity contribution is -0.0336. The van der Waals surface area contributed by atoms with E-state index < -0.39 is 0 Å². The maximum atomic E-state index is 6.05. The molecule has 0 radical (unpaired) electrons. The summed E-state index contributed by atoms with van der Waals surface area (Å²) < 4.78 is 8.15. The van der Waals surface area contributed by atoms with E-state index in [4.69, 9.17) is 4.74 Å². The van der Waals surface area contributed by atoms with E-state index in [0.29, 0.717) is 0 Å². The molecule has 0 unspecified atom stereocenters. The van der Waals surface area contributed by atoms with Crippen molar-refractivity contribution >= 4 is 5.65 Å². The van der Waals surface area contributed by atoms with Gasteiger partial charge in [0.05, 0.1) is 30.8 Å². The Kier molecular flexibility index (Phi) is 4.04. The average molecular weight is 322 g/mol. The van der Waals surface area contributed by atoms with Crippen LogP contribution in [0.15, 0.2) is 43.0 Å². The van der Waals surface area contributed by atoms with Crippen molar-refractivity contribution in [2.24, 2.45) is 0 Å². The van der Waals surface area contributed by atoms with E-state index in [1.807, 2.05) is 12.4 Å². The smallest absolute Gasteiger partial charge is 0.155 e. The van der Waals surface area contributed by atoms with Crippen molar-refractivity contribution in [3.05, 3.63) is 65.4 Å². The highest BCUT2D eigenvalue weighted by molar-refractivity contribution is 5.37. The minimum Gasteiger partial charge on any atom is -0.371 e. The molecule has 0 spiro atoms. The molecule has 24 heavy (non-hydrogen) atoms. The lowest BCUT2D eigenvalue weighted by atomic mass is 10.00. The first-order valence-corrected chi connectivity index (χ1v) is 8.38. The maximum Gasteiger partial charge on any atom is 0.155 e. The third kappa shape index (κ3) is 2.92. The van der Waals surface area contributed by atoms with Gasteiger partial charge in [-0.1, -0.05) is 23.8 Å². The summed E-state index contributed by atoms with van der Waals surface area (Å²) in [6.07, 6.45) is 7.65. The Hall–Kier alpha value is -2.24. The van der Waals surface area contributed by atoms with Crippen molar-refractivity contribution < 1.29 is 4.74 Å². The van der Waals surface area contributed by atoms with Crippen LogP contribution in [0.3, 0.4) is 0 Å². The van der Waals surface area contributed by atoms with E-state index in [0.717, 1.165) is 31.9 Å². The fraction of sp³-hybridized carbons (Fsp3) is 0.368. The number of fused-ring (bicyclic) bond motifs is 1. The van der Waals surface area contributed by atoms with Crippen LogP contribution in [0.1, 0.15) is 28.5 Å². The average Bonchev–Trinajstić information content (AvgIpc) is 2.98. The van der Waals surface area contributed by atoms with Gasteiger partial charge < -0.3 is 4.74 Å². The second-order valence-electron chi connectivity index (χ2n) is 6.51. The third-order valence-electron chi connectivity index (χ3n) is 4.70. The highest BCUT2D eigenvalue weighted by atomic mass is 16.5. The Morgan fingerprint density at radius 2 is 2.17 bits per heavy atom. The van der Waals surface area contributed by atoms with Crippen LogP contribution in [0.4, 0.5) is 0 Å². The predicted octanol–water partition coefficient (Wildman–Crippen LogP) is 2.92. The van der Waals surface area contributed by atoms with Crippen molar-refractivity contribution in [2.45, 2.75) is 26.5 Å². The minimum absolute atomic E-state index is 0.139. The Labute approximate surface area is 141 Å². The fourth-order valence-corrected chi connectivity index (χ4v) is 3.46. The number of nitrogens with zero attached hydrogens (tertiary/aromatic N) is 4. The van der Waals surface area contributed by atoms with E-state index in [-0.39, 0.29) is 6.10 Å². The summed E-state index contributed by atoms with van der Waals surface area (Å²) >= 11 is 0. The van der Waals surface area contributed by atoms with E-state index in [9.17, 15) is 0 Å². The molecule has 1 aromatic carbocycles. The zero-order valence-corrected chi connectivity index (χ0v) is 14.1. The van der Waals surface area contributed by atoms with Gasteiger partial charge >= 0.3 is 0 Å². The van der Waals surface area contributed by atoms with E-state index in [1.54, 1.807) is 12.4 Å². The van der Waals surface area contributed by atoms with Gasteiger partial charge in [-0.2, -0.15) is 0 Å². The van der Waals surface area contributed by atoms with Crippen LogP contribution in [0.5, 0.6) is 0 Å². The molecular formula is C19H22N4O. The summed E-state index contributed by atoms with van der Waals surface area (Å²) in [6.45, 7) is 7.78. The van der Waals surface area contributed by atoms with Gasteiger partial charge in [-0.25, -0.2) is 4.98 Å². The second kappa shape index (κ2) is 6.34. The molecule has 1 aliphatic rings. The molecule has 3 aromatic rings. The lowest BCUT2D eigenvalue weighted by Crippen LogP contribution is -2.38. The highest BCUT2D eigenvalue weighted by Crippen LogP contribution is 2.26. The summed E-state index contributed by atoms with van der Waals surface area (Å²) in [7, 11) is 0. The van der Waals surface area contributed by atoms with Crippen LogP contribution >= 0.6 is 0 Å². The number of aryl methyl sites for hydroxylation is 2. The molecule has 1 fully saturated rings. The molecule has 4 rings (SSSR count). The van der Waals surface area contributed by atoms with Crippen LogP contribution in [0, 0.1) is 13.8 Å². The molecule has 0 amide bonds. The van der Waals surface area contributed by atoms with Gasteiger partial charge in [-0.15, -0.1) is 0 Å². The number of ether oxygens (including phenoxy) is 1. The van der Waals surface area contributed by atoms with Gasteiger partial charge in [0.1, 0.15) is 0 Å². The van der Waals surface area contributed by atoms with E-state index in [2.05, 4.69) is 51.3 Å². The van der Waals surface area contributed by atoms with Gasteiger partial charge in [-0.3, -0.25) is 14.3 Å². The van der Waals surface area contributed by atoms with Crippen molar-refractivity contribution in [3.8, 4) is 0 Å². The van der Waals surface area contributed by atoms with Gasteiger partial charge in [0.2, 0.25) is 0 Å². The summed E-state index contributed by atoms with van der Waals surface area (Å²) in [5, 5.41) is 0. The van der Waals surface area contributed by atoms with E-state index in [1.165, 1.54) is 22.4 Å². The monoisotopic (exact) mass is 322 g/mol. The van der Waals surface area contributed by atoms with Crippen molar-refractivity contribution in [2.75, 3.05) is 19.7 Å². The van der Waals surface area contributed by atoms with Gasteiger partial charge in [0.25, 0.3) is 0 Å². The molecule has 0 saturated carbocycles. The summed E-state index contributed by atoms with van der Waals surface area (Å²) in [6, 6.07) is 6.61. The summed E-state index contributed by atoms with van der Waals surface area (Å²) in [5.74, 6) is 0. The Balaban J connectivity index is 1.52. The maximum absolute atomic E-state index is 6.05. The number of rotatable bonds is 3. The summed E-state index contributed by atoms with van der Waals surface area (Å²) in [5.41, 5.74) is 5.99. The summed E-state index contributed by atoms with van der Waals surface area (Å²) in [4.78, 5) is 11.0. The first-order chi connectivity index (χ1) is 11.7. The van der Waals surface area contributed by atoms with Crippen LogP contribution in [-0.4, -0.2) is 39.0 Å². The molecule has 3 heterocycles. The van der Waals surface area contributed by atoms with Gasteiger partial charge in [0.15, 0.2) is 5.65 Å². The van der Waals surface area contributed by atoms with Gasteiger partial charge in [-0.05, 0) is 25.0 Å². The first kappa shape index (κ1) is 15.3. The van der Waals surface area contributed by atoms with Crippen molar-refractivity contribution in [1.29, 1.82) is 0 Å². The number of hydrogen-bond donors (Lipinski definition) is 0. The Bertz CT molecular complexity index is 857. The number of morpholine rings is 1. The standard InChI is InChI=1S/C19H22N4O/c1-14-3-4-17(15(2)9-14)18-13-22(7-8-24-18)12-16-10-21-19-11-20-5-6-23(16)19/h3-6,9-11,18H,7-8,12-13H2,1-2H3/t18-/m0/s1. The molecule has 5 nitrogen and oxygen atoms in total. The fourth-order valence-electron chi connectivity index (χ4n) is 3.46. The van der Waals surface area contributed by atoms with Crippen LogP contribution < -0.4 is 0 Å². The molecule has 124 valence electrons. The second-order valence-corrected chi connectivity index (χ2v) is 6.51. The van der Waals surface area contributed by atoms with Crippen molar-refractivity contribution in [1.82, 2.24) is 19.3 Å². The molecular weight excluding hydrogens is 300 g/mol. The topological polar surface area (TPSA) is 42.7 Å². The number of hydrogen-bond acceptors (Lipinski definition) is 4. The molecule has 1 saturated heterocycles. The number of imidazole rings is 1. The molecule has 0 bridgehead atoms.